The third-order valence-electron chi connectivity index (χ3n) is 2.46. The van der Waals surface area contributed by atoms with Gasteiger partial charge in [0.25, 0.3) is 5.91 Å². The van der Waals surface area contributed by atoms with E-state index in [0.717, 1.165) is 5.56 Å². The van der Waals surface area contributed by atoms with Crippen LogP contribution in [0.15, 0.2) is 17.0 Å². The number of hydrogen-bond acceptors (Lipinski definition) is 5. The molecule has 0 unspecified atom stereocenters. The maximum Gasteiger partial charge on any atom is 0.289 e. The quantitative estimate of drug-likeness (QED) is 0.793. The Balaban J connectivity index is 2.02. The zero-order valence-corrected chi connectivity index (χ0v) is 9.60. The number of rotatable bonds is 3. The van der Waals surface area contributed by atoms with Gasteiger partial charge in [0.1, 0.15) is 5.82 Å². The Morgan fingerprint density at radius 1 is 1.65 bits per heavy atom. The molecule has 2 rings (SSSR count). The van der Waals surface area contributed by atoms with Crippen LogP contribution >= 0.6 is 0 Å². The van der Waals surface area contributed by atoms with Crippen LogP contribution in [0.25, 0.3) is 0 Å². The van der Waals surface area contributed by atoms with Gasteiger partial charge in [-0.2, -0.15) is 5.10 Å². The summed E-state index contributed by atoms with van der Waals surface area (Å²) in [6, 6.07) is 0. The van der Waals surface area contributed by atoms with E-state index in [-0.39, 0.29) is 11.7 Å². The van der Waals surface area contributed by atoms with E-state index in [9.17, 15) is 4.79 Å². The van der Waals surface area contributed by atoms with Crippen molar-refractivity contribution in [3.63, 3.8) is 0 Å². The summed E-state index contributed by atoms with van der Waals surface area (Å²) in [5, 5.41) is 6.67. The van der Waals surface area contributed by atoms with Crippen molar-refractivity contribution in [3.05, 3.63) is 29.6 Å². The van der Waals surface area contributed by atoms with Gasteiger partial charge in [0.05, 0.1) is 11.9 Å². The summed E-state index contributed by atoms with van der Waals surface area (Å²) in [5.74, 6) is 0.426. The highest BCUT2D eigenvalue weighted by Crippen LogP contribution is 2.09. The highest BCUT2D eigenvalue weighted by Gasteiger charge is 2.14. The standard InChI is InChI=1S/C10H13N5O2/c1-6-8(17-5-13-6)10(16)12-3-7-4-14-15(2)9(7)11/h4-5H,3,11H2,1-2H3,(H,12,16). The van der Waals surface area contributed by atoms with E-state index < -0.39 is 0 Å². The van der Waals surface area contributed by atoms with E-state index in [2.05, 4.69) is 15.4 Å². The Hall–Kier alpha value is -2.31. The molecule has 7 nitrogen and oxygen atoms in total. The lowest BCUT2D eigenvalue weighted by Gasteiger charge is -2.02. The fourth-order valence-corrected chi connectivity index (χ4v) is 1.40. The maximum absolute atomic E-state index is 11.7. The molecule has 0 aliphatic heterocycles. The minimum atomic E-state index is -0.316. The van der Waals surface area contributed by atoms with E-state index in [0.29, 0.717) is 18.1 Å². The van der Waals surface area contributed by atoms with Gasteiger partial charge in [0.2, 0.25) is 5.76 Å². The number of amides is 1. The average Bonchev–Trinajstić information content (AvgIpc) is 2.85. The van der Waals surface area contributed by atoms with Crippen LogP contribution in [0.2, 0.25) is 0 Å². The first-order valence-electron chi connectivity index (χ1n) is 5.04. The molecule has 0 aromatic carbocycles. The Bertz CT molecular complexity index is 543. The number of aromatic nitrogens is 3. The summed E-state index contributed by atoms with van der Waals surface area (Å²) < 4.78 is 6.52. The van der Waals surface area contributed by atoms with Gasteiger partial charge in [-0.1, -0.05) is 0 Å². The highest BCUT2D eigenvalue weighted by atomic mass is 16.3. The lowest BCUT2D eigenvalue weighted by Crippen LogP contribution is -2.23. The summed E-state index contributed by atoms with van der Waals surface area (Å²) in [6.45, 7) is 2.01. The van der Waals surface area contributed by atoms with Crippen molar-refractivity contribution in [3.8, 4) is 0 Å². The van der Waals surface area contributed by atoms with Crippen LogP contribution in [0.4, 0.5) is 5.82 Å². The predicted molar refractivity (Wildman–Crippen MR) is 60.0 cm³/mol. The predicted octanol–water partition coefficient (Wildman–Crippen LogP) is 0.229. The molecule has 2 aromatic rings. The molecule has 90 valence electrons. The fourth-order valence-electron chi connectivity index (χ4n) is 1.40. The molecular weight excluding hydrogens is 222 g/mol. The van der Waals surface area contributed by atoms with Crippen molar-refractivity contribution >= 4 is 11.7 Å². The second kappa shape index (κ2) is 4.28. The molecule has 0 saturated carbocycles. The van der Waals surface area contributed by atoms with Crippen LogP contribution < -0.4 is 11.1 Å². The van der Waals surface area contributed by atoms with Crippen molar-refractivity contribution in [2.75, 3.05) is 5.73 Å². The molecular formula is C10H13N5O2. The molecule has 0 atom stereocenters. The largest absolute Gasteiger partial charge is 0.438 e. The first-order valence-corrected chi connectivity index (χ1v) is 5.04. The van der Waals surface area contributed by atoms with Gasteiger partial charge in [-0.05, 0) is 6.92 Å². The minimum absolute atomic E-state index is 0.215. The number of oxazole rings is 1. The first kappa shape index (κ1) is 11.2. The summed E-state index contributed by atoms with van der Waals surface area (Å²) in [6.07, 6.45) is 2.85. The van der Waals surface area contributed by atoms with E-state index >= 15 is 0 Å². The zero-order chi connectivity index (χ0) is 12.4. The summed E-state index contributed by atoms with van der Waals surface area (Å²) >= 11 is 0. The number of nitrogens with one attached hydrogen (secondary N) is 1. The van der Waals surface area contributed by atoms with Gasteiger partial charge in [0.15, 0.2) is 6.39 Å². The monoisotopic (exact) mass is 235 g/mol. The van der Waals surface area contributed by atoms with Gasteiger partial charge in [-0.15, -0.1) is 0 Å². The fraction of sp³-hybridized carbons (Fsp3) is 0.300. The first-order chi connectivity index (χ1) is 8.09. The number of carbonyl (C=O) groups excluding carboxylic acids is 1. The second-order valence-corrected chi connectivity index (χ2v) is 3.63. The lowest BCUT2D eigenvalue weighted by atomic mass is 10.3. The molecule has 0 aliphatic rings. The van der Waals surface area contributed by atoms with Crippen molar-refractivity contribution in [1.82, 2.24) is 20.1 Å². The smallest absolute Gasteiger partial charge is 0.289 e. The van der Waals surface area contributed by atoms with Gasteiger partial charge < -0.3 is 15.5 Å². The van der Waals surface area contributed by atoms with Crippen molar-refractivity contribution in [2.24, 2.45) is 7.05 Å². The molecule has 1 amide bonds. The van der Waals surface area contributed by atoms with Crippen molar-refractivity contribution in [1.29, 1.82) is 0 Å². The van der Waals surface area contributed by atoms with Gasteiger partial charge in [0, 0.05) is 19.2 Å². The van der Waals surface area contributed by atoms with E-state index in [1.807, 2.05) is 0 Å². The van der Waals surface area contributed by atoms with Crippen LogP contribution in [0.1, 0.15) is 21.8 Å². The molecule has 17 heavy (non-hydrogen) atoms. The molecule has 2 heterocycles. The number of anilines is 1. The highest BCUT2D eigenvalue weighted by molar-refractivity contribution is 5.92. The van der Waals surface area contributed by atoms with Crippen LogP contribution in [-0.2, 0) is 13.6 Å². The molecule has 7 heteroatoms. The van der Waals surface area contributed by atoms with Crippen LogP contribution in [-0.4, -0.2) is 20.7 Å². The average molecular weight is 235 g/mol. The normalized spacial score (nSPS) is 10.5. The van der Waals surface area contributed by atoms with E-state index in [1.165, 1.54) is 6.39 Å². The molecule has 2 aromatic heterocycles. The lowest BCUT2D eigenvalue weighted by molar-refractivity contribution is 0.0922. The molecule has 0 fully saturated rings. The van der Waals surface area contributed by atoms with Crippen LogP contribution in [0.3, 0.4) is 0 Å². The Labute approximate surface area is 97.6 Å². The van der Waals surface area contributed by atoms with E-state index in [4.69, 9.17) is 10.2 Å². The Kier molecular flexibility index (Phi) is 2.82. The molecule has 0 bridgehead atoms. The number of nitrogens with two attached hydrogens (primary N) is 1. The summed E-state index contributed by atoms with van der Waals surface area (Å²) in [4.78, 5) is 15.6. The third kappa shape index (κ3) is 2.12. The third-order valence-corrected chi connectivity index (χ3v) is 2.46. The Morgan fingerprint density at radius 2 is 2.41 bits per heavy atom. The van der Waals surface area contributed by atoms with E-state index in [1.54, 1.807) is 24.9 Å². The molecule has 0 saturated heterocycles. The molecule has 0 aliphatic carbocycles. The number of carbonyl (C=O) groups is 1. The molecule has 3 N–H and O–H groups in total. The second-order valence-electron chi connectivity index (χ2n) is 3.63. The van der Waals surface area contributed by atoms with Crippen LogP contribution in [0, 0.1) is 6.92 Å². The number of nitrogen functional groups attached to an aromatic ring is 1. The molecule has 0 spiro atoms. The van der Waals surface area contributed by atoms with Crippen molar-refractivity contribution in [2.45, 2.75) is 13.5 Å². The SMILES string of the molecule is Cc1ncoc1C(=O)NCc1cnn(C)c1N. The van der Waals surface area contributed by atoms with Gasteiger partial charge >= 0.3 is 0 Å². The number of aryl methyl sites for hydroxylation is 2. The van der Waals surface area contributed by atoms with Gasteiger partial charge in [-0.25, -0.2) is 4.98 Å². The topological polar surface area (TPSA) is 99.0 Å². The summed E-state index contributed by atoms with van der Waals surface area (Å²) in [7, 11) is 1.74. The zero-order valence-electron chi connectivity index (χ0n) is 9.60. The Morgan fingerprint density at radius 3 is 2.94 bits per heavy atom. The maximum atomic E-state index is 11.7. The number of hydrogen-bond donors (Lipinski definition) is 2. The number of nitrogens with zero attached hydrogens (tertiary/aromatic N) is 3. The van der Waals surface area contributed by atoms with Crippen molar-refractivity contribution < 1.29 is 9.21 Å². The minimum Gasteiger partial charge on any atom is -0.438 e. The van der Waals surface area contributed by atoms with Crippen LogP contribution in [0.5, 0.6) is 0 Å². The summed E-state index contributed by atoms with van der Waals surface area (Å²) in [5.41, 5.74) is 7.07. The molecule has 0 radical (unpaired) electrons. The van der Waals surface area contributed by atoms with Gasteiger partial charge in [-0.3, -0.25) is 9.48 Å².